The van der Waals surface area contributed by atoms with Crippen molar-refractivity contribution in [1.29, 1.82) is 0 Å². The Morgan fingerprint density at radius 3 is 2.50 bits per heavy atom. The molecular formula is C14H12BNO4. The number of methoxy groups -OCH3 is 1. The Morgan fingerprint density at radius 2 is 1.90 bits per heavy atom. The van der Waals surface area contributed by atoms with Crippen LogP contribution in [0.3, 0.4) is 0 Å². The third-order valence-electron chi connectivity index (χ3n) is 2.73. The molecule has 0 aliphatic rings. The first-order valence-electron chi connectivity index (χ1n) is 5.90. The van der Waals surface area contributed by atoms with Gasteiger partial charge in [0.15, 0.2) is 5.75 Å². The zero-order valence-electron chi connectivity index (χ0n) is 10.9. The Labute approximate surface area is 117 Å². The molecule has 0 aromatic heterocycles. The third-order valence-corrected chi connectivity index (χ3v) is 2.73. The second-order valence-corrected chi connectivity index (χ2v) is 4.12. The lowest BCUT2D eigenvalue weighted by Crippen LogP contribution is -2.06. The smallest absolute Gasteiger partial charge is 0.310 e. The minimum atomic E-state index is -0.514. The van der Waals surface area contributed by atoms with E-state index in [0.29, 0.717) is 5.46 Å². The van der Waals surface area contributed by atoms with Gasteiger partial charge in [-0.15, -0.1) is 0 Å². The number of nitro benzene ring substituents is 1. The average Bonchev–Trinajstić information content (AvgIpc) is 2.46. The molecule has 0 saturated carbocycles. The quantitative estimate of drug-likeness (QED) is 0.473. The molecule has 0 amide bonds. The monoisotopic (exact) mass is 269 g/mol. The van der Waals surface area contributed by atoms with E-state index in [4.69, 9.17) is 17.3 Å². The predicted molar refractivity (Wildman–Crippen MR) is 75.8 cm³/mol. The van der Waals surface area contributed by atoms with Crippen molar-refractivity contribution in [2.45, 2.75) is 6.61 Å². The fraction of sp³-hybridized carbons (Fsp3) is 0.143. The summed E-state index contributed by atoms with van der Waals surface area (Å²) in [7, 11) is 7.12. The molecule has 0 N–H and O–H groups in total. The van der Waals surface area contributed by atoms with Crippen molar-refractivity contribution >= 4 is 19.0 Å². The van der Waals surface area contributed by atoms with Crippen molar-refractivity contribution in [2.24, 2.45) is 0 Å². The Hall–Kier alpha value is -2.50. The van der Waals surface area contributed by atoms with E-state index in [9.17, 15) is 10.1 Å². The lowest BCUT2D eigenvalue weighted by Gasteiger charge is -2.08. The second kappa shape index (κ2) is 6.10. The first kappa shape index (κ1) is 13.9. The topological polar surface area (TPSA) is 61.6 Å². The maximum atomic E-state index is 10.9. The molecule has 2 rings (SSSR count). The van der Waals surface area contributed by atoms with Gasteiger partial charge in [0.1, 0.15) is 20.2 Å². The lowest BCUT2D eigenvalue weighted by atomic mass is 9.96. The first-order chi connectivity index (χ1) is 9.60. The van der Waals surface area contributed by atoms with E-state index in [1.807, 2.05) is 12.1 Å². The molecule has 100 valence electrons. The van der Waals surface area contributed by atoms with Crippen LogP contribution in [-0.4, -0.2) is 19.9 Å². The minimum Gasteiger partial charge on any atom is -0.497 e. The summed E-state index contributed by atoms with van der Waals surface area (Å²) >= 11 is 0. The zero-order valence-corrected chi connectivity index (χ0v) is 10.9. The number of hydrogen-bond donors (Lipinski definition) is 0. The first-order valence-corrected chi connectivity index (χ1v) is 5.90. The number of nitro groups is 1. The maximum Gasteiger partial charge on any atom is 0.310 e. The molecule has 0 bridgehead atoms. The summed E-state index contributed by atoms with van der Waals surface area (Å²) < 4.78 is 10.5. The van der Waals surface area contributed by atoms with Crippen molar-refractivity contribution in [1.82, 2.24) is 0 Å². The Morgan fingerprint density at radius 1 is 1.20 bits per heavy atom. The van der Waals surface area contributed by atoms with Crippen LogP contribution in [0.5, 0.6) is 11.5 Å². The van der Waals surface area contributed by atoms with Crippen molar-refractivity contribution in [3.05, 3.63) is 58.1 Å². The summed E-state index contributed by atoms with van der Waals surface area (Å²) in [5.41, 5.74) is 1.07. The van der Waals surface area contributed by atoms with Crippen LogP contribution in [0.4, 0.5) is 5.69 Å². The van der Waals surface area contributed by atoms with Crippen molar-refractivity contribution < 1.29 is 14.4 Å². The lowest BCUT2D eigenvalue weighted by molar-refractivity contribution is -0.385. The van der Waals surface area contributed by atoms with E-state index < -0.39 is 4.92 Å². The molecule has 2 radical (unpaired) electrons. The van der Waals surface area contributed by atoms with E-state index >= 15 is 0 Å². The van der Waals surface area contributed by atoms with Gasteiger partial charge < -0.3 is 9.47 Å². The number of nitrogens with zero attached hydrogens (tertiary/aromatic N) is 1. The molecule has 0 atom stereocenters. The van der Waals surface area contributed by atoms with E-state index in [-0.39, 0.29) is 18.0 Å². The van der Waals surface area contributed by atoms with Gasteiger partial charge >= 0.3 is 5.69 Å². The van der Waals surface area contributed by atoms with Gasteiger partial charge in [-0.25, -0.2) is 0 Å². The second-order valence-electron chi connectivity index (χ2n) is 4.12. The van der Waals surface area contributed by atoms with E-state index in [1.54, 1.807) is 25.3 Å². The molecule has 2 aromatic rings. The number of hydrogen-bond acceptors (Lipinski definition) is 4. The van der Waals surface area contributed by atoms with Crippen LogP contribution in [0.1, 0.15) is 5.56 Å². The van der Waals surface area contributed by atoms with Gasteiger partial charge in [-0.2, -0.15) is 0 Å². The minimum absolute atomic E-state index is 0.140. The molecule has 20 heavy (non-hydrogen) atoms. The Kier molecular flexibility index (Phi) is 4.25. The normalized spacial score (nSPS) is 10.1. The largest absolute Gasteiger partial charge is 0.497 e. The predicted octanol–water partition coefficient (Wildman–Crippen LogP) is 1.98. The maximum absolute atomic E-state index is 10.9. The van der Waals surface area contributed by atoms with Gasteiger partial charge in [0.2, 0.25) is 0 Å². The van der Waals surface area contributed by atoms with Crippen LogP contribution in [-0.2, 0) is 6.61 Å². The van der Waals surface area contributed by atoms with Crippen LogP contribution >= 0.6 is 0 Å². The zero-order chi connectivity index (χ0) is 14.5. The van der Waals surface area contributed by atoms with Crippen molar-refractivity contribution in [2.75, 3.05) is 7.11 Å². The summed E-state index contributed by atoms with van der Waals surface area (Å²) in [5.74, 6) is 0.937. The highest BCUT2D eigenvalue weighted by molar-refractivity contribution is 6.32. The van der Waals surface area contributed by atoms with Crippen LogP contribution in [0.2, 0.25) is 0 Å². The number of rotatable bonds is 5. The highest BCUT2D eigenvalue weighted by Crippen LogP contribution is 2.26. The Bertz CT molecular complexity index is 613. The summed E-state index contributed by atoms with van der Waals surface area (Å²) in [6.45, 7) is 0.231. The van der Waals surface area contributed by atoms with Crippen molar-refractivity contribution in [3.8, 4) is 11.5 Å². The summed E-state index contributed by atoms with van der Waals surface area (Å²) in [5, 5.41) is 10.9. The summed E-state index contributed by atoms with van der Waals surface area (Å²) in [6, 6.07) is 11.6. The molecule has 2 aromatic carbocycles. The van der Waals surface area contributed by atoms with Crippen LogP contribution in [0, 0.1) is 10.1 Å². The molecule has 0 unspecified atom stereocenters. The summed E-state index contributed by atoms with van der Waals surface area (Å²) in [4.78, 5) is 10.4. The van der Waals surface area contributed by atoms with E-state index in [2.05, 4.69) is 0 Å². The standard InChI is InChI=1S/C14H12BNO4/c1-19-12-5-2-10(3-6-12)9-20-14-7-4-11(15)8-13(14)16(17)18/h2-8H,9H2,1H3. The molecule has 0 saturated heterocycles. The van der Waals surface area contributed by atoms with Gasteiger partial charge in [0.05, 0.1) is 12.0 Å². The average molecular weight is 269 g/mol. The van der Waals surface area contributed by atoms with Gasteiger partial charge in [0, 0.05) is 6.07 Å². The highest BCUT2D eigenvalue weighted by atomic mass is 16.6. The molecule has 0 fully saturated rings. The fourth-order valence-corrected chi connectivity index (χ4v) is 1.68. The molecule has 0 aliphatic heterocycles. The SMILES string of the molecule is [B]c1ccc(OCc2ccc(OC)cc2)c([N+](=O)[O-])c1. The molecule has 0 aliphatic carbocycles. The highest BCUT2D eigenvalue weighted by Gasteiger charge is 2.14. The molecule has 6 heteroatoms. The van der Waals surface area contributed by atoms with E-state index in [1.165, 1.54) is 12.1 Å². The van der Waals surface area contributed by atoms with Crippen molar-refractivity contribution in [3.63, 3.8) is 0 Å². The fourth-order valence-electron chi connectivity index (χ4n) is 1.68. The molecule has 0 spiro atoms. The van der Waals surface area contributed by atoms with Crippen LogP contribution in [0.15, 0.2) is 42.5 Å². The Balaban J connectivity index is 2.12. The molecule has 5 nitrogen and oxygen atoms in total. The summed E-state index contributed by atoms with van der Waals surface area (Å²) in [6.07, 6.45) is 0. The van der Waals surface area contributed by atoms with Gasteiger partial charge in [-0.3, -0.25) is 10.1 Å². The number of benzene rings is 2. The number of ether oxygens (including phenoxy) is 2. The van der Waals surface area contributed by atoms with Crippen LogP contribution in [0.25, 0.3) is 0 Å². The van der Waals surface area contributed by atoms with Gasteiger partial charge in [-0.1, -0.05) is 23.7 Å². The van der Waals surface area contributed by atoms with Crippen LogP contribution < -0.4 is 14.9 Å². The van der Waals surface area contributed by atoms with E-state index in [0.717, 1.165) is 11.3 Å². The third kappa shape index (κ3) is 3.29. The molecular weight excluding hydrogens is 257 g/mol. The van der Waals surface area contributed by atoms with Gasteiger partial charge in [-0.05, 0) is 23.8 Å². The molecule has 0 heterocycles. The van der Waals surface area contributed by atoms with Gasteiger partial charge in [0.25, 0.3) is 0 Å².